The molecular formula is C20H24N2O4S. The molecule has 1 aliphatic heterocycles. The zero-order chi connectivity index (χ0) is 19.6. The third kappa shape index (κ3) is 4.48. The van der Waals surface area contributed by atoms with E-state index < -0.39 is 10.0 Å². The van der Waals surface area contributed by atoms with Crippen molar-refractivity contribution in [2.45, 2.75) is 31.8 Å². The number of hydrogen-bond donors (Lipinski definition) is 1. The third-order valence-corrected chi connectivity index (χ3v) is 6.10. The summed E-state index contributed by atoms with van der Waals surface area (Å²) in [6.45, 7) is 7.41. The van der Waals surface area contributed by atoms with Crippen LogP contribution in [0.2, 0.25) is 0 Å². The van der Waals surface area contributed by atoms with E-state index in [9.17, 15) is 13.2 Å². The molecule has 1 unspecified atom stereocenters. The van der Waals surface area contributed by atoms with Crippen LogP contribution < -0.4 is 4.72 Å². The molecule has 1 fully saturated rings. The van der Waals surface area contributed by atoms with E-state index >= 15 is 0 Å². The van der Waals surface area contributed by atoms with Crippen LogP contribution in [0.25, 0.3) is 0 Å². The molecule has 1 heterocycles. The highest BCUT2D eigenvalue weighted by atomic mass is 32.2. The van der Waals surface area contributed by atoms with Crippen LogP contribution >= 0.6 is 0 Å². The Labute approximate surface area is 160 Å². The lowest BCUT2D eigenvalue weighted by Crippen LogP contribution is -2.44. The van der Waals surface area contributed by atoms with Gasteiger partial charge in [0.1, 0.15) is 0 Å². The molecular weight excluding hydrogens is 364 g/mol. The van der Waals surface area contributed by atoms with Gasteiger partial charge in [0.2, 0.25) is 0 Å². The number of carbonyl (C=O) groups excluding carboxylic acids is 1. The number of nitrogens with one attached hydrogen (secondary N) is 1. The maximum atomic E-state index is 12.6. The molecule has 2 aromatic rings. The molecule has 1 amide bonds. The lowest BCUT2D eigenvalue weighted by molar-refractivity contribution is -0.0124. The maximum Gasteiger partial charge on any atom is 0.261 e. The number of aryl methyl sites for hydroxylation is 2. The summed E-state index contributed by atoms with van der Waals surface area (Å²) < 4.78 is 33.2. The molecule has 0 bridgehead atoms. The summed E-state index contributed by atoms with van der Waals surface area (Å²) in [6, 6.07) is 11.4. The largest absolute Gasteiger partial charge is 0.375 e. The molecule has 0 aromatic heterocycles. The number of carbonyl (C=O) groups is 1. The van der Waals surface area contributed by atoms with E-state index in [1.165, 1.54) is 12.1 Å². The zero-order valence-corrected chi connectivity index (χ0v) is 16.5. The number of benzene rings is 2. The average Bonchev–Trinajstić information content (AvgIpc) is 2.64. The molecule has 1 atom stereocenters. The topological polar surface area (TPSA) is 75.7 Å². The fourth-order valence-corrected chi connectivity index (χ4v) is 4.03. The smallest absolute Gasteiger partial charge is 0.261 e. The Balaban J connectivity index is 1.75. The van der Waals surface area contributed by atoms with Crippen LogP contribution in [0.4, 0.5) is 5.69 Å². The van der Waals surface area contributed by atoms with Gasteiger partial charge in [0.05, 0.1) is 17.6 Å². The minimum Gasteiger partial charge on any atom is -0.375 e. The monoisotopic (exact) mass is 388 g/mol. The number of hydrogen-bond acceptors (Lipinski definition) is 4. The van der Waals surface area contributed by atoms with Crippen LogP contribution in [0, 0.1) is 13.8 Å². The Morgan fingerprint density at radius 2 is 1.81 bits per heavy atom. The van der Waals surface area contributed by atoms with Crippen molar-refractivity contribution in [2.75, 3.05) is 24.4 Å². The predicted molar refractivity (Wildman–Crippen MR) is 104 cm³/mol. The van der Waals surface area contributed by atoms with Gasteiger partial charge < -0.3 is 9.64 Å². The van der Waals surface area contributed by atoms with Gasteiger partial charge in [-0.1, -0.05) is 6.07 Å². The molecule has 1 aliphatic rings. The van der Waals surface area contributed by atoms with E-state index in [2.05, 4.69) is 4.72 Å². The number of amides is 1. The highest BCUT2D eigenvalue weighted by Crippen LogP contribution is 2.20. The van der Waals surface area contributed by atoms with Crippen LogP contribution in [0.5, 0.6) is 0 Å². The van der Waals surface area contributed by atoms with Crippen molar-refractivity contribution in [3.63, 3.8) is 0 Å². The van der Waals surface area contributed by atoms with Crippen molar-refractivity contribution in [3.05, 3.63) is 59.2 Å². The first-order valence-corrected chi connectivity index (χ1v) is 10.4. The van der Waals surface area contributed by atoms with Crippen molar-refractivity contribution in [1.29, 1.82) is 0 Å². The number of ether oxygens (including phenoxy) is 1. The molecule has 1 saturated heterocycles. The van der Waals surface area contributed by atoms with E-state index in [0.29, 0.717) is 30.9 Å². The lowest BCUT2D eigenvalue weighted by Gasteiger charge is -2.31. The fraction of sp³-hybridized carbons (Fsp3) is 0.350. The molecule has 0 saturated carbocycles. The Morgan fingerprint density at radius 1 is 1.11 bits per heavy atom. The quantitative estimate of drug-likeness (QED) is 0.874. The summed E-state index contributed by atoms with van der Waals surface area (Å²) in [5.41, 5.74) is 3.09. The number of morpholine rings is 1. The maximum absolute atomic E-state index is 12.6. The minimum absolute atomic E-state index is 0.00418. The molecule has 0 radical (unpaired) electrons. The van der Waals surface area contributed by atoms with Gasteiger partial charge in [0.25, 0.3) is 15.9 Å². The molecule has 1 N–H and O–H groups in total. The van der Waals surface area contributed by atoms with Crippen LogP contribution in [0.3, 0.4) is 0 Å². The van der Waals surface area contributed by atoms with Gasteiger partial charge in [0.15, 0.2) is 0 Å². The van der Waals surface area contributed by atoms with Crippen LogP contribution in [0.1, 0.15) is 28.4 Å². The van der Waals surface area contributed by atoms with Gasteiger partial charge in [-0.25, -0.2) is 8.42 Å². The van der Waals surface area contributed by atoms with Gasteiger partial charge in [0, 0.05) is 24.3 Å². The number of anilines is 1. The molecule has 3 rings (SSSR count). The highest BCUT2D eigenvalue weighted by Gasteiger charge is 2.23. The average molecular weight is 388 g/mol. The summed E-state index contributed by atoms with van der Waals surface area (Å²) in [6.07, 6.45) is 0.00418. The fourth-order valence-electron chi connectivity index (χ4n) is 2.98. The molecule has 27 heavy (non-hydrogen) atoms. The Kier molecular flexibility index (Phi) is 5.53. The second-order valence-electron chi connectivity index (χ2n) is 6.86. The van der Waals surface area contributed by atoms with Crippen LogP contribution in [0.15, 0.2) is 47.4 Å². The summed E-state index contributed by atoms with van der Waals surface area (Å²) in [7, 11) is -3.71. The van der Waals surface area contributed by atoms with Gasteiger partial charge in [-0.3, -0.25) is 9.52 Å². The molecule has 7 heteroatoms. The zero-order valence-electron chi connectivity index (χ0n) is 15.7. The minimum atomic E-state index is -3.71. The molecule has 144 valence electrons. The normalized spacial score (nSPS) is 17.6. The summed E-state index contributed by atoms with van der Waals surface area (Å²) in [5.74, 6) is -0.115. The van der Waals surface area contributed by atoms with Crippen molar-refractivity contribution in [3.8, 4) is 0 Å². The number of rotatable bonds is 4. The first-order valence-electron chi connectivity index (χ1n) is 8.87. The van der Waals surface area contributed by atoms with Gasteiger partial charge >= 0.3 is 0 Å². The number of nitrogens with zero attached hydrogens (tertiary/aromatic N) is 1. The van der Waals surface area contributed by atoms with E-state index in [0.717, 1.165) is 11.1 Å². The van der Waals surface area contributed by atoms with Crippen molar-refractivity contribution >= 4 is 21.6 Å². The Bertz CT molecular complexity index is 939. The molecule has 0 aliphatic carbocycles. The first kappa shape index (κ1) is 19.4. The second kappa shape index (κ2) is 7.70. The van der Waals surface area contributed by atoms with Crippen LogP contribution in [-0.2, 0) is 14.8 Å². The van der Waals surface area contributed by atoms with Gasteiger partial charge in [-0.05, 0) is 68.3 Å². The van der Waals surface area contributed by atoms with Gasteiger partial charge in [-0.15, -0.1) is 0 Å². The Morgan fingerprint density at radius 3 is 2.44 bits per heavy atom. The van der Waals surface area contributed by atoms with Crippen molar-refractivity contribution in [1.82, 2.24) is 4.90 Å². The summed E-state index contributed by atoms with van der Waals surface area (Å²) in [5, 5.41) is 0. The van der Waals surface area contributed by atoms with E-state index in [-0.39, 0.29) is 16.9 Å². The van der Waals surface area contributed by atoms with Gasteiger partial charge in [-0.2, -0.15) is 0 Å². The molecule has 0 spiro atoms. The predicted octanol–water partition coefficient (Wildman–Crippen LogP) is 2.97. The number of sulfonamides is 1. The molecule has 2 aromatic carbocycles. The Hall–Kier alpha value is -2.38. The summed E-state index contributed by atoms with van der Waals surface area (Å²) in [4.78, 5) is 14.4. The SMILES string of the molecule is Cc1ccc(NS(=O)(=O)c2ccc(C(=O)N3CCOC(C)C3)cc2)cc1C. The standard InChI is InChI=1S/C20H24N2O4S/c1-14-4-7-18(12-15(14)2)21-27(24,25)19-8-5-17(6-9-19)20(23)22-10-11-26-16(3)13-22/h4-9,12,16,21H,10-11,13H2,1-3H3. The van der Waals surface area contributed by atoms with Crippen molar-refractivity contribution in [2.24, 2.45) is 0 Å². The first-order chi connectivity index (χ1) is 12.8. The lowest BCUT2D eigenvalue weighted by atomic mass is 10.1. The van der Waals surface area contributed by atoms with E-state index in [1.807, 2.05) is 26.8 Å². The second-order valence-corrected chi connectivity index (χ2v) is 8.54. The van der Waals surface area contributed by atoms with E-state index in [1.54, 1.807) is 29.2 Å². The molecule has 6 nitrogen and oxygen atoms in total. The van der Waals surface area contributed by atoms with Crippen molar-refractivity contribution < 1.29 is 17.9 Å². The third-order valence-electron chi connectivity index (χ3n) is 4.70. The van der Waals surface area contributed by atoms with Crippen LogP contribution in [-0.4, -0.2) is 45.0 Å². The van der Waals surface area contributed by atoms with E-state index in [4.69, 9.17) is 4.74 Å². The summed E-state index contributed by atoms with van der Waals surface area (Å²) >= 11 is 0. The highest BCUT2D eigenvalue weighted by molar-refractivity contribution is 7.92.